The van der Waals surface area contributed by atoms with Gasteiger partial charge in [-0.15, -0.1) is 0 Å². The van der Waals surface area contributed by atoms with E-state index in [4.69, 9.17) is 11.6 Å². The fourth-order valence-electron chi connectivity index (χ4n) is 4.09. The molecule has 4 heteroatoms. The van der Waals surface area contributed by atoms with Crippen LogP contribution in [0.3, 0.4) is 0 Å². The summed E-state index contributed by atoms with van der Waals surface area (Å²) in [7, 11) is 0. The van der Waals surface area contributed by atoms with Gasteiger partial charge in [0.05, 0.1) is 11.9 Å². The molecule has 1 amide bonds. The number of fused-ring (bicyclic) bond motifs is 1. The van der Waals surface area contributed by atoms with E-state index in [1.54, 1.807) is 0 Å². The van der Waals surface area contributed by atoms with Gasteiger partial charge in [0.1, 0.15) is 0 Å². The van der Waals surface area contributed by atoms with Gasteiger partial charge in [-0.25, -0.2) is 0 Å². The van der Waals surface area contributed by atoms with Gasteiger partial charge in [-0.1, -0.05) is 41.9 Å². The van der Waals surface area contributed by atoms with Crippen LogP contribution < -0.4 is 5.32 Å². The first-order valence-corrected chi connectivity index (χ1v) is 9.94. The van der Waals surface area contributed by atoms with E-state index in [0.29, 0.717) is 17.4 Å². The lowest BCUT2D eigenvalue weighted by Crippen LogP contribution is -2.38. The van der Waals surface area contributed by atoms with Crippen molar-refractivity contribution in [2.45, 2.75) is 44.1 Å². The number of nitrogens with one attached hydrogen (secondary N) is 1. The van der Waals surface area contributed by atoms with Crippen LogP contribution in [-0.2, 0) is 11.2 Å². The Balaban J connectivity index is 1.34. The highest BCUT2D eigenvalue weighted by Gasteiger charge is 2.24. The number of halogens is 1. The summed E-state index contributed by atoms with van der Waals surface area (Å²) in [6.07, 6.45) is 6.56. The molecule has 3 aromatic rings. The van der Waals surface area contributed by atoms with E-state index in [9.17, 15) is 4.79 Å². The summed E-state index contributed by atoms with van der Waals surface area (Å²) in [5, 5.41) is 5.16. The Labute approximate surface area is 164 Å². The molecule has 1 heterocycles. The second-order valence-electron chi connectivity index (χ2n) is 7.34. The van der Waals surface area contributed by atoms with Crippen molar-refractivity contribution in [3.63, 3.8) is 0 Å². The molecule has 1 aromatic heterocycles. The fraction of sp³-hybridized carbons (Fsp3) is 0.304. The van der Waals surface area contributed by atoms with Gasteiger partial charge >= 0.3 is 0 Å². The van der Waals surface area contributed by atoms with E-state index in [1.165, 1.54) is 10.9 Å². The molecule has 1 saturated carbocycles. The molecule has 1 N–H and O–H groups in total. The monoisotopic (exact) mass is 378 g/mol. The Morgan fingerprint density at radius 2 is 1.74 bits per heavy atom. The van der Waals surface area contributed by atoms with Crippen molar-refractivity contribution < 1.29 is 4.79 Å². The maximum Gasteiger partial charge on any atom is 0.224 e. The largest absolute Gasteiger partial charge is 0.353 e. The number of hydrogen-bond acceptors (Lipinski definition) is 2. The number of nitrogens with zero attached hydrogens (tertiary/aromatic N) is 1. The molecule has 138 valence electrons. The topological polar surface area (TPSA) is 42.0 Å². The fourth-order valence-corrected chi connectivity index (χ4v) is 4.22. The Morgan fingerprint density at radius 1 is 1.00 bits per heavy atom. The van der Waals surface area contributed by atoms with Crippen LogP contribution in [-0.4, -0.2) is 16.9 Å². The predicted molar refractivity (Wildman–Crippen MR) is 110 cm³/mol. The Morgan fingerprint density at radius 3 is 2.52 bits per heavy atom. The van der Waals surface area contributed by atoms with E-state index < -0.39 is 0 Å². The normalized spacial score (nSPS) is 19.7. The number of rotatable bonds is 4. The molecular formula is C23H23ClN2O. The average molecular weight is 379 g/mol. The number of para-hydroxylation sites is 1. The zero-order valence-electron chi connectivity index (χ0n) is 15.2. The van der Waals surface area contributed by atoms with Crippen molar-refractivity contribution in [1.29, 1.82) is 0 Å². The first-order valence-electron chi connectivity index (χ1n) is 9.56. The number of amides is 1. The molecule has 0 atom stereocenters. The van der Waals surface area contributed by atoms with E-state index in [-0.39, 0.29) is 11.9 Å². The summed E-state index contributed by atoms with van der Waals surface area (Å²) >= 11 is 5.90. The molecule has 0 aliphatic heterocycles. The van der Waals surface area contributed by atoms with Gasteiger partial charge in [-0.05, 0) is 67.0 Å². The molecule has 0 unspecified atom stereocenters. The third-order valence-corrected chi connectivity index (χ3v) is 5.74. The Bertz CT molecular complexity index is 925. The first-order chi connectivity index (χ1) is 13.2. The molecule has 0 radical (unpaired) electrons. The summed E-state index contributed by atoms with van der Waals surface area (Å²) in [4.78, 5) is 16.8. The van der Waals surface area contributed by atoms with Gasteiger partial charge in [-0.3, -0.25) is 9.78 Å². The quantitative estimate of drug-likeness (QED) is 0.671. The summed E-state index contributed by atoms with van der Waals surface area (Å²) < 4.78 is 0. The van der Waals surface area contributed by atoms with Crippen LogP contribution in [0.5, 0.6) is 0 Å². The van der Waals surface area contributed by atoms with Crippen molar-refractivity contribution in [2.24, 2.45) is 0 Å². The maximum absolute atomic E-state index is 12.3. The van der Waals surface area contributed by atoms with Crippen LogP contribution in [0.1, 0.15) is 42.7 Å². The third-order valence-electron chi connectivity index (χ3n) is 5.49. The summed E-state index contributed by atoms with van der Waals surface area (Å²) in [5.74, 6) is 0.637. The van der Waals surface area contributed by atoms with E-state index in [0.717, 1.165) is 36.8 Å². The minimum absolute atomic E-state index is 0.0927. The number of benzene rings is 2. The highest BCUT2D eigenvalue weighted by Crippen LogP contribution is 2.36. The highest BCUT2D eigenvalue weighted by molar-refractivity contribution is 6.30. The van der Waals surface area contributed by atoms with E-state index in [2.05, 4.69) is 34.6 Å². The standard InChI is InChI=1S/C23H23ClN2O/c24-18-9-5-16(6-10-18)15-23(27)26-19-11-7-17(8-12-19)20-13-14-25-22-4-2-1-3-21(20)22/h1-6,9-10,13-14,17,19H,7-8,11-12,15H2,(H,26,27)/t17-,19-. The molecular weight excluding hydrogens is 356 g/mol. The summed E-state index contributed by atoms with van der Waals surface area (Å²) in [5.41, 5.74) is 3.45. The number of hydrogen-bond donors (Lipinski definition) is 1. The van der Waals surface area contributed by atoms with Gasteiger partial charge in [-0.2, -0.15) is 0 Å². The molecule has 3 nitrogen and oxygen atoms in total. The lowest BCUT2D eigenvalue weighted by Gasteiger charge is -2.30. The van der Waals surface area contributed by atoms with Crippen molar-refractivity contribution in [3.8, 4) is 0 Å². The molecule has 2 aromatic carbocycles. The highest BCUT2D eigenvalue weighted by atomic mass is 35.5. The van der Waals surface area contributed by atoms with Crippen molar-refractivity contribution in [1.82, 2.24) is 10.3 Å². The minimum atomic E-state index is 0.0927. The molecule has 1 aliphatic rings. The van der Waals surface area contributed by atoms with Crippen LogP contribution in [0.4, 0.5) is 0 Å². The van der Waals surface area contributed by atoms with E-state index >= 15 is 0 Å². The zero-order valence-corrected chi connectivity index (χ0v) is 16.0. The van der Waals surface area contributed by atoms with Gasteiger partial charge in [0.15, 0.2) is 0 Å². The van der Waals surface area contributed by atoms with Gasteiger partial charge in [0, 0.05) is 22.6 Å². The predicted octanol–water partition coefficient (Wildman–Crippen LogP) is 5.27. The zero-order chi connectivity index (χ0) is 18.6. The van der Waals surface area contributed by atoms with Crippen LogP contribution in [0.25, 0.3) is 10.9 Å². The number of carbonyl (C=O) groups is 1. The van der Waals surface area contributed by atoms with Crippen LogP contribution in [0.2, 0.25) is 5.02 Å². The Kier molecular flexibility index (Phi) is 5.40. The smallest absolute Gasteiger partial charge is 0.224 e. The van der Waals surface area contributed by atoms with E-state index in [1.807, 2.05) is 36.5 Å². The maximum atomic E-state index is 12.3. The van der Waals surface area contributed by atoms with Gasteiger partial charge < -0.3 is 5.32 Å². The SMILES string of the molecule is O=C(Cc1ccc(Cl)cc1)N[C@H]1CC[C@H](c2ccnc3ccccc32)CC1. The van der Waals surface area contributed by atoms with Gasteiger partial charge in [0.25, 0.3) is 0 Å². The lowest BCUT2D eigenvalue weighted by molar-refractivity contribution is -0.121. The third kappa shape index (κ3) is 4.30. The first kappa shape index (κ1) is 18.0. The van der Waals surface area contributed by atoms with Crippen molar-refractivity contribution >= 4 is 28.4 Å². The second-order valence-corrected chi connectivity index (χ2v) is 7.77. The second kappa shape index (κ2) is 8.10. The van der Waals surface area contributed by atoms with Crippen molar-refractivity contribution in [3.05, 3.63) is 76.9 Å². The molecule has 1 aliphatic carbocycles. The number of carbonyl (C=O) groups excluding carboxylic acids is 1. The molecule has 0 spiro atoms. The van der Waals surface area contributed by atoms with Crippen LogP contribution in [0.15, 0.2) is 60.8 Å². The number of aromatic nitrogens is 1. The molecule has 0 bridgehead atoms. The minimum Gasteiger partial charge on any atom is -0.353 e. The molecule has 1 fully saturated rings. The van der Waals surface area contributed by atoms with Crippen molar-refractivity contribution in [2.75, 3.05) is 0 Å². The summed E-state index contributed by atoms with van der Waals surface area (Å²) in [6, 6.07) is 18.3. The van der Waals surface area contributed by atoms with Crippen LogP contribution in [0, 0.1) is 0 Å². The van der Waals surface area contributed by atoms with Crippen LogP contribution >= 0.6 is 11.6 Å². The number of pyridine rings is 1. The molecule has 27 heavy (non-hydrogen) atoms. The lowest BCUT2D eigenvalue weighted by atomic mass is 9.80. The Hall–Kier alpha value is -2.39. The van der Waals surface area contributed by atoms with Gasteiger partial charge in [0.2, 0.25) is 5.91 Å². The average Bonchev–Trinajstić information content (AvgIpc) is 2.70. The molecule has 0 saturated heterocycles. The molecule has 4 rings (SSSR count). The summed E-state index contributed by atoms with van der Waals surface area (Å²) in [6.45, 7) is 0.